The van der Waals surface area contributed by atoms with Crippen molar-refractivity contribution in [2.75, 3.05) is 11.9 Å². The normalized spacial score (nSPS) is 17.2. The molecule has 0 radical (unpaired) electrons. The number of hydrogen-bond acceptors (Lipinski definition) is 4. The van der Waals surface area contributed by atoms with Crippen LogP contribution < -0.4 is 10.9 Å². The second-order valence-electron chi connectivity index (χ2n) is 5.29. The van der Waals surface area contributed by atoms with Gasteiger partial charge in [0, 0.05) is 30.9 Å². The number of hydrogen-bond donors (Lipinski definition) is 1. The zero-order valence-corrected chi connectivity index (χ0v) is 13.4. The van der Waals surface area contributed by atoms with E-state index in [0.717, 1.165) is 12.8 Å². The Hall–Kier alpha value is -2.15. The van der Waals surface area contributed by atoms with E-state index in [0.29, 0.717) is 6.54 Å². The molecule has 22 heavy (non-hydrogen) atoms. The highest BCUT2D eigenvalue weighted by Crippen LogP contribution is 2.35. The van der Waals surface area contributed by atoms with Gasteiger partial charge in [0.15, 0.2) is 0 Å². The largest absolute Gasteiger partial charge is 0.323 e. The average Bonchev–Trinajstić information content (AvgIpc) is 2.99. The van der Waals surface area contributed by atoms with Gasteiger partial charge in [-0.1, -0.05) is 6.92 Å². The van der Waals surface area contributed by atoms with Crippen molar-refractivity contribution in [2.24, 2.45) is 7.05 Å². The Kier molecular flexibility index (Phi) is 3.98. The maximum atomic E-state index is 12.6. The van der Waals surface area contributed by atoms with Crippen LogP contribution in [0.15, 0.2) is 28.6 Å². The van der Waals surface area contributed by atoms with Crippen molar-refractivity contribution in [3.05, 3.63) is 44.6 Å². The highest BCUT2D eigenvalue weighted by atomic mass is 32.1. The summed E-state index contributed by atoms with van der Waals surface area (Å²) in [6.07, 6.45) is 4.77. The molecule has 3 heterocycles. The van der Waals surface area contributed by atoms with E-state index >= 15 is 0 Å². The topological polar surface area (TPSA) is 67.2 Å². The molecule has 1 N–H and O–H groups in total. The number of nitrogens with zero attached hydrogens (tertiary/aromatic N) is 3. The van der Waals surface area contributed by atoms with Crippen molar-refractivity contribution in [3.8, 4) is 0 Å². The number of amides is 2. The smallest absolute Gasteiger partial charge is 0.317 e. The number of thiophene rings is 1. The van der Waals surface area contributed by atoms with Crippen LogP contribution in [0.2, 0.25) is 0 Å². The van der Waals surface area contributed by atoms with Crippen LogP contribution in [0.1, 0.15) is 29.8 Å². The number of urea groups is 1. The maximum absolute atomic E-state index is 12.6. The molecule has 0 unspecified atom stereocenters. The molecule has 0 fully saturated rings. The van der Waals surface area contributed by atoms with Crippen LogP contribution in [0.5, 0.6) is 0 Å². The Balaban J connectivity index is 1.83. The Morgan fingerprint density at radius 2 is 2.36 bits per heavy atom. The lowest BCUT2D eigenvalue weighted by Gasteiger charge is -2.35. The molecule has 1 aliphatic rings. The lowest BCUT2D eigenvalue weighted by Crippen LogP contribution is -2.43. The summed E-state index contributed by atoms with van der Waals surface area (Å²) >= 11 is 1.74. The summed E-state index contributed by atoms with van der Waals surface area (Å²) in [5.41, 5.74) is 0.917. The first-order valence-electron chi connectivity index (χ1n) is 7.27. The van der Waals surface area contributed by atoms with Gasteiger partial charge in [-0.05, 0) is 29.9 Å². The third kappa shape index (κ3) is 2.52. The molecule has 2 amide bonds. The Morgan fingerprint density at radius 3 is 3.14 bits per heavy atom. The van der Waals surface area contributed by atoms with E-state index in [4.69, 9.17) is 0 Å². The summed E-state index contributed by atoms with van der Waals surface area (Å²) in [5, 5.41) is 4.73. The molecular formula is C15H18N4O2S. The summed E-state index contributed by atoms with van der Waals surface area (Å²) in [6.45, 7) is 2.72. The molecule has 0 spiro atoms. The zero-order valence-electron chi connectivity index (χ0n) is 12.6. The van der Waals surface area contributed by atoms with Gasteiger partial charge in [-0.2, -0.15) is 0 Å². The van der Waals surface area contributed by atoms with Gasteiger partial charge in [0.05, 0.1) is 6.04 Å². The van der Waals surface area contributed by atoms with Crippen molar-refractivity contribution in [2.45, 2.75) is 25.8 Å². The third-order valence-corrected chi connectivity index (χ3v) is 4.98. The number of nitrogens with one attached hydrogen (secondary N) is 1. The van der Waals surface area contributed by atoms with E-state index < -0.39 is 0 Å². The zero-order chi connectivity index (χ0) is 15.7. The number of fused-ring (bicyclic) bond motifs is 1. The maximum Gasteiger partial charge on any atom is 0.323 e. The molecule has 3 rings (SSSR count). The van der Waals surface area contributed by atoms with Gasteiger partial charge in [0.1, 0.15) is 0 Å². The van der Waals surface area contributed by atoms with Crippen LogP contribution in [0.3, 0.4) is 0 Å². The minimum absolute atomic E-state index is 0.0579. The van der Waals surface area contributed by atoms with Crippen LogP contribution in [0.25, 0.3) is 0 Å². The highest BCUT2D eigenvalue weighted by molar-refractivity contribution is 7.10. The second kappa shape index (κ2) is 5.92. The van der Waals surface area contributed by atoms with E-state index in [1.54, 1.807) is 29.5 Å². The number of carbonyl (C=O) groups excluding carboxylic acids is 1. The summed E-state index contributed by atoms with van der Waals surface area (Å²) in [4.78, 5) is 31.6. The van der Waals surface area contributed by atoms with Crippen molar-refractivity contribution in [1.82, 2.24) is 14.5 Å². The molecule has 0 saturated carbocycles. The van der Waals surface area contributed by atoms with Gasteiger partial charge >= 0.3 is 6.03 Å². The number of aryl methyl sites for hydroxylation is 1. The van der Waals surface area contributed by atoms with Crippen LogP contribution in [-0.4, -0.2) is 27.0 Å². The summed E-state index contributed by atoms with van der Waals surface area (Å²) in [7, 11) is 1.63. The molecule has 116 valence electrons. The Bertz CT molecular complexity index is 752. The number of rotatable bonds is 2. The quantitative estimate of drug-likeness (QED) is 0.924. The summed E-state index contributed by atoms with van der Waals surface area (Å²) in [5.74, 6) is 0.0703. The van der Waals surface area contributed by atoms with Gasteiger partial charge in [0.2, 0.25) is 5.82 Å². The fourth-order valence-electron chi connectivity index (χ4n) is 2.84. The summed E-state index contributed by atoms with van der Waals surface area (Å²) < 4.78 is 1.40. The standard InChI is InChI=1S/C15H18N4O2S/c1-3-11-10-5-9-22-12(10)4-7-19(11)15(21)17-13-14(20)18(2)8-6-16-13/h5-6,8-9,11H,3-4,7H2,1-2H3,(H,16,17,21)/t11-/m1/s1. The molecule has 0 bridgehead atoms. The van der Waals surface area contributed by atoms with Crippen molar-refractivity contribution < 1.29 is 4.79 Å². The predicted molar refractivity (Wildman–Crippen MR) is 86.3 cm³/mol. The molecule has 1 aliphatic heterocycles. The SMILES string of the molecule is CC[C@@H]1c2ccsc2CCN1C(=O)Nc1nccn(C)c1=O. The predicted octanol–water partition coefficient (Wildman–Crippen LogP) is 2.38. The fourth-order valence-corrected chi connectivity index (χ4v) is 3.76. The number of carbonyl (C=O) groups is 1. The average molecular weight is 318 g/mol. The van der Waals surface area contributed by atoms with E-state index in [2.05, 4.69) is 28.7 Å². The van der Waals surface area contributed by atoms with E-state index in [1.165, 1.54) is 21.2 Å². The highest BCUT2D eigenvalue weighted by Gasteiger charge is 2.30. The van der Waals surface area contributed by atoms with Crippen molar-refractivity contribution in [3.63, 3.8) is 0 Å². The Labute approximate surface area is 132 Å². The number of aromatic nitrogens is 2. The van der Waals surface area contributed by atoms with Crippen molar-refractivity contribution in [1.29, 1.82) is 0 Å². The molecule has 0 aliphatic carbocycles. The first-order chi connectivity index (χ1) is 10.6. The van der Waals surface area contributed by atoms with Gasteiger partial charge < -0.3 is 9.47 Å². The fraction of sp³-hybridized carbons (Fsp3) is 0.400. The van der Waals surface area contributed by atoms with Crippen LogP contribution in [0, 0.1) is 0 Å². The lowest BCUT2D eigenvalue weighted by molar-refractivity contribution is 0.181. The number of anilines is 1. The van der Waals surface area contributed by atoms with Crippen LogP contribution in [-0.2, 0) is 13.5 Å². The van der Waals surface area contributed by atoms with Gasteiger partial charge in [-0.25, -0.2) is 9.78 Å². The minimum atomic E-state index is -0.308. The molecular weight excluding hydrogens is 300 g/mol. The molecule has 2 aromatic heterocycles. The summed E-state index contributed by atoms with van der Waals surface area (Å²) in [6, 6.07) is 1.88. The lowest BCUT2D eigenvalue weighted by atomic mass is 9.98. The third-order valence-electron chi connectivity index (χ3n) is 3.98. The molecule has 0 saturated heterocycles. The second-order valence-corrected chi connectivity index (χ2v) is 6.29. The Morgan fingerprint density at radius 1 is 1.55 bits per heavy atom. The molecule has 0 aromatic carbocycles. The molecule has 6 nitrogen and oxygen atoms in total. The van der Waals surface area contributed by atoms with Gasteiger partial charge in [-0.3, -0.25) is 10.1 Å². The molecule has 1 atom stereocenters. The van der Waals surface area contributed by atoms with E-state index in [-0.39, 0.29) is 23.5 Å². The minimum Gasteiger partial charge on any atom is -0.317 e. The first kappa shape index (κ1) is 14.8. The van der Waals surface area contributed by atoms with Gasteiger partial charge in [-0.15, -0.1) is 11.3 Å². The van der Waals surface area contributed by atoms with Crippen molar-refractivity contribution >= 4 is 23.2 Å². The van der Waals surface area contributed by atoms with E-state index in [1.807, 2.05) is 0 Å². The monoisotopic (exact) mass is 318 g/mol. The molecule has 2 aromatic rings. The van der Waals surface area contributed by atoms with Crippen LogP contribution in [0.4, 0.5) is 10.6 Å². The van der Waals surface area contributed by atoms with E-state index in [9.17, 15) is 9.59 Å². The van der Waals surface area contributed by atoms with Gasteiger partial charge in [0.25, 0.3) is 5.56 Å². The molecule has 7 heteroatoms. The van der Waals surface area contributed by atoms with Crippen LogP contribution >= 0.6 is 11.3 Å². The first-order valence-corrected chi connectivity index (χ1v) is 8.15.